The van der Waals surface area contributed by atoms with Gasteiger partial charge in [0.1, 0.15) is 14.2 Å². The second-order valence-electron chi connectivity index (χ2n) is 7.19. The van der Waals surface area contributed by atoms with Gasteiger partial charge in [0.2, 0.25) is 0 Å². The molecule has 1 aromatic carbocycles. The van der Waals surface area contributed by atoms with Crippen LogP contribution < -0.4 is 5.73 Å². The van der Waals surface area contributed by atoms with Crippen LogP contribution >= 0.6 is 11.6 Å². The van der Waals surface area contributed by atoms with Crippen molar-refractivity contribution in [2.75, 3.05) is 0 Å². The van der Waals surface area contributed by atoms with Crippen LogP contribution in [0.25, 0.3) is 0 Å². The lowest BCUT2D eigenvalue weighted by molar-refractivity contribution is 0.166. The average molecular weight is 352 g/mol. The third-order valence-corrected chi connectivity index (χ3v) is 11.4. The van der Waals surface area contributed by atoms with Crippen molar-refractivity contribution < 1.29 is 5.11 Å². The third kappa shape index (κ3) is 4.61. The SMILES string of the molecule is CC(C)[Si](C#C[C@@H](N)[C@@H](O)c1ccc(Cl)cc1)(C(C)C)C(C)C. The zero-order valence-electron chi connectivity index (χ0n) is 15.1. The molecule has 0 unspecified atom stereocenters. The standard InChI is InChI=1S/C19H30ClNOSi/c1-13(2)23(14(3)4,15(5)6)12-11-18(21)19(22)16-7-9-17(20)10-8-16/h7-10,13-15,18-19,22H,21H2,1-6H3/t18-,19+/m1/s1. The number of hydrogen-bond acceptors (Lipinski definition) is 2. The van der Waals surface area contributed by atoms with Gasteiger partial charge in [-0.1, -0.05) is 71.2 Å². The third-order valence-electron chi connectivity index (χ3n) is 4.87. The summed E-state index contributed by atoms with van der Waals surface area (Å²) in [7, 11) is -1.82. The van der Waals surface area contributed by atoms with E-state index in [4.69, 9.17) is 17.3 Å². The zero-order chi connectivity index (χ0) is 17.8. The molecule has 1 rings (SSSR count). The molecule has 0 bridgehead atoms. The summed E-state index contributed by atoms with van der Waals surface area (Å²) in [6.07, 6.45) is -0.794. The van der Waals surface area contributed by atoms with Crippen molar-refractivity contribution in [2.45, 2.75) is 70.3 Å². The first-order valence-corrected chi connectivity index (χ1v) is 11.0. The Labute approximate surface area is 147 Å². The summed E-state index contributed by atoms with van der Waals surface area (Å²) in [5, 5.41) is 11.1. The van der Waals surface area contributed by atoms with Crippen LogP contribution in [0, 0.1) is 11.5 Å². The van der Waals surface area contributed by atoms with Gasteiger partial charge in [-0.2, -0.15) is 0 Å². The molecule has 23 heavy (non-hydrogen) atoms. The summed E-state index contributed by atoms with van der Waals surface area (Å²) in [4.78, 5) is 0. The molecule has 2 nitrogen and oxygen atoms in total. The summed E-state index contributed by atoms with van der Waals surface area (Å²) in [6.45, 7) is 13.6. The second kappa shape index (κ2) is 8.35. The summed E-state index contributed by atoms with van der Waals surface area (Å²) in [6, 6.07) is 6.53. The quantitative estimate of drug-likeness (QED) is 0.584. The highest BCUT2D eigenvalue weighted by Crippen LogP contribution is 2.40. The van der Waals surface area contributed by atoms with Crippen LogP contribution in [0.15, 0.2) is 24.3 Å². The van der Waals surface area contributed by atoms with Gasteiger partial charge in [0.15, 0.2) is 0 Å². The summed E-state index contributed by atoms with van der Waals surface area (Å²) < 4.78 is 0. The Balaban J connectivity index is 3.08. The molecule has 3 N–H and O–H groups in total. The highest BCUT2D eigenvalue weighted by atomic mass is 35.5. The minimum Gasteiger partial charge on any atom is -0.386 e. The molecule has 0 fully saturated rings. The normalized spacial score (nSPS) is 14.8. The lowest BCUT2D eigenvalue weighted by atomic mass is 10.0. The van der Waals surface area contributed by atoms with Crippen molar-refractivity contribution in [3.63, 3.8) is 0 Å². The van der Waals surface area contributed by atoms with Gasteiger partial charge >= 0.3 is 0 Å². The monoisotopic (exact) mass is 351 g/mol. The minimum atomic E-state index is -1.82. The van der Waals surface area contributed by atoms with E-state index >= 15 is 0 Å². The number of aliphatic hydroxyl groups excluding tert-OH is 1. The van der Waals surface area contributed by atoms with Crippen LogP contribution in [0.5, 0.6) is 0 Å². The predicted molar refractivity (Wildman–Crippen MR) is 103 cm³/mol. The molecule has 0 aliphatic rings. The van der Waals surface area contributed by atoms with Gasteiger partial charge in [-0.3, -0.25) is 0 Å². The number of halogens is 1. The highest BCUT2D eigenvalue weighted by Gasteiger charge is 2.41. The Morgan fingerprint density at radius 3 is 1.78 bits per heavy atom. The number of rotatable bonds is 5. The smallest absolute Gasteiger partial charge is 0.146 e. The lowest BCUT2D eigenvalue weighted by Crippen LogP contribution is -2.44. The zero-order valence-corrected chi connectivity index (χ0v) is 16.9. The van der Waals surface area contributed by atoms with E-state index in [1.807, 2.05) is 0 Å². The molecule has 0 saturated carbocycles. The molecule has 0 aliphatic carbocycles. The summed E-state index contributed by atoms with van der Waals surface area (Å²) in [5.41, 5.74) is 12.1. The van der Waals surface area contributed by atoms with Gasteiger partial charge in [-0.15, -0.1) is 5.54 Å². The summed E-state index contributed by atoms with van der Waals surface area (Å²) in [5.74, 6) is 3.19. The van der Waals surface area contributed by atoms with E-state index in [0.29, 0.717) is 21.6 Å². The van der Waals surface area contributed by atoms with Crippen LogP contribution in [-0.2, 0) is 0 Å². The Morgan fingerprint density at radius 1 is 0.957 bits per heavy atom. The predicted octanol–water partition coefficient (Wildman–Crippen LogP) is 4.92. The lowest BCUT2D eigenvalue weighted by Gasteiger charge is -2.38. The topological polar surface area (TPSA) is 46.2 Å². The van der Waals surface area contributed by atoms with Gasteiger partial charge in [0.05, 0.1) is 6.04 Å². The summed E-state index contributed by atoms with van der Waals surface area (Å²) >= 11 is 5.89. The van der Waals surface area contributed by atoms with Crippen molar-refractivity contribution in [3.05, 3.63) is 34.9 Å². The largest absolute Gasteiger partial charge is 0.386 e. The minimum absolute atomic E-state index is 0.551. The molecule has 4 heteroatoms. The Hall–Kier alpha value is -0.793. The van der Waals surface area contributed by atoms with Crippen molar-refractivity contribution in [3.8, 4) is 11.5 Å². The van der Waals surface area contributed by atoms with Crippen LogP contribution in [0.2, 0.25) is 21.6 Å². The van der Waals surface area contributed by atoms with E-state index in [1.54, 1.807) is 24.3 Å². The van der Waals surface area contributed by atoms with E-state index in [2.05, 4.69) is 53.0 Å². The van der Waals surface area contributed by atoms with E-state index < -0.39 is 20.2 Å². The molecular formula is C19H30ClNOSi. The second-order valence-corrected chi connectivity index (χ2v) is 13.2. The van der Waals surface area contributed by atoms with E-state index in [9.17, 15) is 5.11 Å². The van der Waals surface area contributed by atoms with Crippen molar-refractivity contribution in [1.29, 1.82) is 0 Å². The van der Waals surface area contributed by atoms with Gasteiger partial charge in [0, 0.05) is 5.02 Å². The molecule has 0 saturated heterocycles. The fraction of sp³-hybridized carbons (Fsp3) is 0.579. The molecule has 0 amide bonds. The Bertz CT molecular complexity index is 535. The molecule has 1 aromatic rings. The first kappa shape index (κ1) is 20.3. The molecule has 128 valence electrons. The van der Waals surface area contributed by atoms with E-state index in [0.717, 1.165) is 5.56 Å². The highest BCUT2D eigenvalue weighted by molar-refractivity contribution is 6.90. The number of hydrogen-bond donors (Lipinski definition) is 2. The molecule has 0 aromatic heterocycles. The first-order chi connectivity index (χ1) is 10.6. The molecule has 0 radical (unpaired) electrons. The average Bonchev–Trinajstić information content (AvgIpc) is 2.46. The van der Waals surface area contributed by atoms with Crippen molar-refractivity contribution >= 4 is 19.7 Å². The fourth-order valence-electron chi connectivity index (χ4n) is 3.59. The fourth-order valence-corrected chi connectivity index (χ4v) is 9.00. The number of aliphatic hydroxyl groups is 1. The Morgan fingerprint density at radius 2 is 1.39 bits per heavy atom. The van der Waals surface area contributed by atoms with Gasteiger partial charge in [-0.25, -0.2) is 0 Å². The molecule has 0 heterocycles. The van der Waals surface area contributed by atoms with Crippen LogP contribution in [-0.4, -0.2) is 19.2 Å². The number of benzene rings is 1. The first-order valence-electron chi connectivity index (χ1n) is 8.34. The van der Waals surface area contributed by atoms with E-state index in [-0.39, 0.29) is 0 Å². The van der Waals surface area contributed by atoms with Crippen molar-refractivity contribution in [2.24, 2.45) is 5.73 Å². The van der Waals surface area contributed by atoms with Crippen LogP contribution in [0.4, 0.5) is 0 Å². The van der Waals surface area contributed by atoms with Gasteiger partial charge in [0.25, 0.3) is 0 Å². The maximum Gasteiger partial charge on any atom is 0.146 e. The van der Waals surface area contributed by atoms with Gasteiger partial charge in [-0.05, 0) is 34.3 Å². The van der Waals surface area contributed by atoms with Crippen LogP contribution in [0.3, 0.4) is 0 Å². The molecule has 2 atom stereocenters. The maximum absolute atomic E-state index is 10.4. The van der Waals surface area contributed by atoms with E-state index in [1.165, 1.54) is 0 Å². The van der Waals surface area contributed by atoms with Crippen LogP contribution in [0.1, 0.15) is 53.2 Å². The maximum atomic E-state index is 10.4. The molecule has 0 spiro atoms. The van der Waals surface area contributed by atoms with Crippen molar-refractivity contribution in [1.82, 2.24) is 0 Å². The van der Waals surface area contributed by atoms with Gasteiger partial charge < -0.3 is 10.8 Å². The Kier molecular flexibility index (Phi) is 7.35. The molecular weight excluding hydrogens is 322 g/mol. The molecule has 0 aliphatic heterocycles. The number of nitrogens with two attached hydrogens (primary N) is 1.